The molecular formula is C34H56N4O15. The van der Waals surface area contributed by atoms with Crippen molar-refractivity contribution in [3.8, 4) is 0 Å². The summed E-state index contributed by atoms with van der Waals surface area (Å²) in [4.78, 5) is 65.2. The molecule has 4 N–H and O–H groups in total. The van der Waals surface area contributed by atoms with Crippen LogP contribution in [-0.2, 0) is 66.5 Å². The molecule has 4 aliphatic rings. The average Bonchev–Trinajstić information content (AvgIpc) is 3.72. The van der Waals surface area contributed by atoms with Crippen LogP contribution in [-0.4, -0.2) is 142 Å². The first-order chi connectivity index (χ1) is 24.6. The second-order valence-corrected chi connectivity index (χ2v) is 15.4. The van der Waals surface area contributed by atoms with Crippen molar-refractivity contribution < 1.29 is 71.3 Å². The largest absolute Gasteiger partial charge is 0.467 e. The number of amides is 4. The van der Waals surface area contributed by atoms with Crippen molar-refractivity contribution in [3.05, 3.63) is 0 Å². The fourth-order valence-electron chi connectivity index (χ4n) is 6.76. The maximum absolute atomic E-state index is 13.7. The molecule has 4 aliphatic heterocycles. The smallest absolute Gasteiger partial charge is 0.407 e. The molecule has 4 rings (SSSR count). The van der Waals surface area contributed by atoms with Crippen molar-refractivity contribution in [1.29, 1.82) is 0 Å². The van der Waals surface area contributed by atoms with E-state index in [9.17, 15) is 24.0 Å². The minimum atomic E-state index is -1.15. The molecular weight excluding hydrogens is 704 g/mol. The zero-order chi connectivity index (χ0) is 39.6. The number of methoxy groups -OCH3 is 3. The molecule has 0 radical (unpaired) electrons. The Bertz CT molecular complexity index is 1360. The number of alkyl carbamates (subject to hydrolysis) is 1. The lowest BCUT2D eigenvalue weighted by atomic mass is 9.99. The lowest BCUT2D eigenvalue weighted by molar-refractivity contribution is -0.220. The molecule has 0 aromatic rings. The molecule has 4 fully saturated rings. The summed E-state index contributed by atoms with van der Waals surface area (Å²) >= 11 is 0. The summed E-state index contributed by atoms with van der Waals surface area (Å²) in [6, 6.07) is -4.15. The molecule has 19 nitrogen and oxygen atoms in total. The van der Waals surface area contributed by atoms with E-state index in [4.69, 9.17) is 47.4 Å². The Labute approximate surface area is 309 Å². The van der Waals surface area contributed by atoms with Gasteiger partial charge in [0.2, 0.25) is 17.7 Å². The van der Waals surface area contributed by atoms with Crippen LogP contribution in [0.1, 0.15) is 75.2 Å². The van der Waals surface area contributed by atoms with Crippen molar-refractivity contribution in [3.63, 3.8) is 0 Å². The number of hydrogen-bond acceptors (Lipinski definition) is 15. The molecule has 0 aromatic heterocycles. The van der Waals surface area contributed by atoms with E-state index in [0.717, 1.165) is 0 Å². The molecule has 0 aromatic carbocycles. The van der Waals surface area contributed by atoms with E-state index in [2.05, 4.69) is 21.3 Å². The molecule has 0 saturated carbocycles. The van der Waals surface area contributed by atoms with Crippen LogP contribution in [0.3, 0.4) is 0 Å². The van der Waals surface area contributed by atoms with Crippen LogP contribution in [0.25, 0.3) is 0 Å². The molecule has 0 unspecified atom stereocenters. The number of carbonyl (C=O) groups is 5. The molecule has 53 heavy (non-hydrogen) atoms. The number of nitrogens with one attached hydrogen (secondary N) is 4. The summed E-state index contributed by atoms with van der Waals surface area (Å²) in [5.41, 5.74) is -0.837. The fraction of sp³-hybridized carbons (Fsp3) is 0.853. The van der Waals surface area contributed by atoms with Crippen molar-refractivity contribution in [2.24, 2.45) is 0 Å². The molecule has 19 heteroatoms. The fourth-order valence-corrected chi connectivity index (χ4v) is 6.76. The number of fused-ring (bicyclic) bond motifs is 2. The lowest BCUT2D eigenvalue weighted by Crippen LogP contribution is -2.57. The van der Waals surface area contributed by atoms with E-state index in [0.29, 0.717) is 0 Å². The predicted octanol–water partition coefficient (Wildman–Crippen LogP) is 0.110. The van der Waals surface area contributed by atoms with Crippen LogP contribution in [0.2, 0.25) is 0 Å². The SMILES string of the molecule is COC(=O)[C@H](C)NC(=O)C[C@@H](NC(=O)[C@H](C)NC(=O)C[C@@H](NC(=O)OC(C)(C)C)[C@H]1O[C@@H]2OC(C)(C)O[C@@H]2[C@H]1OC)[C@H]1O[C@@H]2OC(C)(C)O[C@@H]2[C@H]1OC. The molecule has 0 bridgehead atoms. The van der Waals surface area contributed by atoms with Crippen LogP contribution < -0.4 is 21.3 Å². The van der Waals surface area contributed by atoms with Gasteiger partial charge < -0.3 is 68.6 Å². The van der Waals surface area contributed by atoms with E-state index >= 15 is 0 Å². The van der Waals surface area contributed by atoms with E-state index in [1.165, 1.54) is 35.2 Å². The molecule has 4 saturated heterocycles. The maximum atomic E-state index is 13.7. The number of hydrogen-bond donors (Lipinski definition) is 4. The molecule has 4 heterocycles. The van der Waals surface area contributed by atoms with E-state index in [1.807, 2.05) is 0 Å². The lowest BCUT2D eigenvalue weighted by Gasteiger charge is -2.32. The zero-order valence-electron chi connectivity index (χ0n) is 32.5. The predicted molar refractivity (Wildman–Crippen MR) is 181 cm³/mol. The quantitative estimate of drug-likeness (QED) is 0.173. The molecule has 0 aliphatic carbocycles. The summed E-state index contributed by atoms with van der Waals surface area (Å²) in [6.45, 7) is 14.9. The van der Waals surface area contributed by atoms with Crippen molar-refractivity contribution >= 4 is 29.8 Å². The maximum Gasteiger partial charge on any atom is 0.407 e. The standard InChI is InChI=1S/C34H56N4O15/c1-15(35-19(39)14-18(38-31(43)53-32(3,4)5)22-24(45-11)26-30(48-22)52-34(8,9)50-26)27(41)37-17(13-20(40)36-16(2)28(42)46-12)21-23(44-10)25-29(47-21)51-33(6,7)49-25/h15-18,21-26,29-30H,13-14H2,1-12H3,(H,35,39)(H,36,40)(H,37,41)(H,38,43)/t15-,16-,17+,18+,21+,22+,23-,24-,25+,26+,29+,30+/m0/s1. The topological polar surface area (TPSA) is 226 Å². The van der Waals surface area contributed by atoms with Gasteiger partial charge in [-0.05, 0) is 62.3 Å². The first-order valence-electron chi connectivity index (χ1n) is 17.6. The minimum absolute atomic E-state index is 0.344. The Morgan fingerprint density at radius 3 is 1.51 bits per heavy atom. The van der Waals surface area contributed by atoms with Gasteiger partial charge in [-0.1, -0.05) is 0 Å². The molecule has 4 amide bonds. The van der Waals surface area contributed by atoms with Crippen molar-refractivity contribution in [2.45, 2.75) is 166 Å². The normalized spacial score (nSPS) is 32.0. The van der Waals surface area contributed by atoms with Gasteiger partial charge >= 0.3 is 12.1 Å². The van der Waals surface area contributed by atoms with Gasteiger partial charge in [0.15, 0.2) is 24.2 Å². The molecule has 302 valence electrons. The highest BCUT2D eigenvalue weighted by Gasteiger charge is 2.58. The highest BCUT2D eigenvalue weighted by molar-refractivity contribution is 5.89. The Balaban J connectivity index is 1.47. The molecule has 12 atom stereocenters. The Morgan fingerprint density at radius 1 is 0.660 bits per heavy atom. The van der Waals surface area contributed by atoms with E-state index < -0.39 is 120 Å². The van der Waals surface area contributed by atoms with Crippen LogP contribution in [0.4, 0.5) is 4.79 Å². The van der Waals surface area contributed by atoms with Gasteiger partial charge in [0.05, 0.1) is 19.2 Å². The van der Waals surface area contributed by atoms with Gasteiger partial charge in [-0.2, -0.15) is 0 Å². The number of rotatable bonds is 14. The van der Waals surface area contributed by atoms with Gasteiger partial charge in [0.1, 0.15) is 54.3 Å². The summed E-state index contributed by atoms with van der Waals surface area (Å²) in [7, 11) is 4.09. The van der Waals surface area contributed by atoms with Crippen molar-refractivity contribution in [2.75, 3.05) is 21.3 Å². The highest BCUT2D eigenvalue weighted by atomic mass is 16.9. The highest BCUT2D eigenvalue weighted by Crippen LogP contribution is 2.41. The summed E-state index contributed by atoms with van der Waals surface area (Å²) in [6.07, 6.45) is -7.81. The van der Waals surface area contributed by atoms with Crippen LogP contribution in [0.5, 0.6) is 0 Å². The third-order valence-corrected chi connectivity index (χ3v) is 8.93. The van der Waals surface area contributed by atoms with Crippen LogP contribution in [0.15, 0.2) is 0 Å². The number of ether oxygens (including phenoxy) is 10. The van der Waals surface area contributed by atoms with Gasteiger partial charge in [0, 0.05) is 27.1 Å². The van der Waals surface area contributed by atoms with Crippen molar-refractivity contribution in [1.82, 2.24) is 21.3 Å². The Hall–Kier alpha value is -3.17. The summed E-state index contributed by atoms with van der Waals surface area (Å²) < 4.78 is 57.5. The third kappa shape index (κ3) is 10.7. The monoisotopic (exact) mass is 760 g/mol. The van der Waals surface area contributed by atoms with Crippen LogP contribution in [0, 0.1) is 0 Å². The van der Waals surface area contributed by atoms with Crippen LogP contribution >= 0.6 is 0 Å². The second-order valence-electron chi connectivity index (χ2n) is 15.4. The van der Waals surface area contributed by atoms with Gasteiger partial charge in [0.25, 0.3) is 0 Å². The van der Waals surface area contributed by atoms with Gasteiger partial charge in [-0.15, -0.1) is 0 Å². The zero-order valence-corrected chi connectivity index (χ0v) is 32.5. The minimum Gasteiger partial charge on any atom is -0.467 e. The second kappa shape index (κ2) is 16.7. The first kappa shape index (κ1) is 42.6. The van der Waals surface area contributed by atoms with E-state index in [1.54, 1.807) is 48.5 Å². The average molecular weight is 761 g/mol. The Kier molecular flexibility index (Phi) is 13.4. The molecule has 0 spiro atoms. The van der Waals surface area contributed by atoms with E-state index in [-0.39, 0.29) is 12.8 Å². The number of carbonyl (C=O) groups excluding carboxylic acids is 5. The van der Waals surface area contributed by atoms with Gasteiger partial charge in [-0.25, -0.2) is 9.59 Å². The number of esters is 1. The first-order valence-corrected chi connectivity index (χ1v) is 17.6. The summed E-state index contributed by atoms with van der Waals surface area (Å²) in [5.74, 6) is -4.45. The summed E-state index contributed by atoms with van der Waals surface area (Å²) in [5, 5.41) is 10.7. The third-order valence-electron chi connectivity index (χ3n) is 8.93. The van der Waals surface area contributed by atoms with Gasteiger partial charge in [-0.3, -0.25) is 14.4 Å². The Morgan fingerprint density at radius 2 is 1.09 bits per heavy atom.